The smallest absolute Gasteiger partial charge is 0.132 e. The molecule has 2 nitrogen and oxygen atoms in total. The fraction of sp³-hybridized carbons (Fsp3) is 0.889. The van der Waals surface area contributed by atoms with Crippen LogP contribution in [-0.2, 0) is 4.79 Å². The zero-order valence-corrected chi connectivity index (χ0v) is 19.6. The van der Waals surface area contributed by atoms with Crippen molar-refractivity contribution >= 4 is 5.78 Å². The Balaban J connectivity index is 1.52. The normalized spacial score (nSPS) is 47.6. The molecule has 3 fully saturated rings. The molecule has 0 bridgehead atoms. The van der Waals surface area contributed by atoms with E-state index in [2.05, 4.69) is 26.8 Å². The third-order valence-corrected chi connectivity index (χ3v) is 10.4. The zero-order chi connectivity index (χ0) is 21.0. The number of fused-ring (bicyclic) bond motifs is 5. The van der Waals surface area contributed by atoms with Crippen LogP contribution in [0.15, 0.2) is 11.6 Å². The van der Waals surface area contributed by atoms with E-state index in [-0.39, 0.29) is 0 Å². The summed E-state index contributed by atoms with van der Waals surface area (Å²) in [6.45, 7) is 11.6. The van der Waals surface area contributed by atoms with Crippen molar-refractivity contribution < 1.29 is 9.90 Å². The largest absolute Gasteiger partial charge is 0.390 e. The average Bonchev–Trinajstić information content (AvgIpc) is 3.03. The molecule has 8 atom stereocenters. The van der Waals surface area contributed by atoms with Gasteiger partial charge in [-0.2, -0.15) is 0 Å². The topological polar surface area (TPSA) is 37.3 Å². The molecule has 0 radical (unpaired) electrons. The number of carbonyl (C=O) groups excluding carboxylic acids is 1. The maximum absolute atomic E-state index is 11.9. The molecule has 0 unspecified atom stereocenters. The third kappa shape index (κ3) is 3.56. The second-order valence-electron chi connectivity index (χ2n) is 12.1. The highest BCUT2D eigenvalue weighted by Crippen LogP contribution is 2.67. The Morgan fingerprint density at radius 1 is 1.14 bits per heavy atom. The summed E-state index contributed by atoms with van der Waals surface area (Å²) in [5.74, 6) is 4.40. The number of Topliss-reactive ketones (excluding diaryl/α,β-unsaturated/α-hetero) is 1. The molecule has 4 aliphatic carbocycles. The molecule has 164 valence electrons. The van der Waals surface area contributed by atoms with Gasteiger partial charge < -0.3 is 5.11 Å². The molecule has 3 saturated carbocycles. The number of hydrogen-bond donors (Lipinski definition) is 1. The molecule has 0 amide bonds. The molecule has 0 saturated heterocycles. The average molecular weight is 401 g/mol. The van der Waals surface area contributed by atoms with Gasteiger partial charge in [0.25, 0.3) is 0 Å². The van der Waals surface area contributed by atoms with Crippen molar-refractivity contribution in [2.24, 2.45) is 40.4 Å². The molecule has 0 aromatic rings. The van der Waals surface area contributed by atoms with Gasteiger partial charge in [0.2, 0.25) is 0 Å². The molecule has 4 aliphatic rings. The SMILES string of the molecule is CCC(=O)CC[C@@H](C)[C@H]1CC[C@H]2[C@@H]3CC=C4C[C@@](C)(O)CC[C@]4(C)[C@H]3CC[C@]12C. The van der Waals surface area contributed by atoms with Crippen LogP contribution in [-0.4, -0.2) is 16.5 Å². The summed E-state index contributed by atoms with van der Waals surface area (Å²) in [6, 6.07) is 0. The van der Waals surface area contributed by atoms with Gasteiger partial charge in [-0.05, 0) is 105 Å². The fourth-order valence-electron chi connectivity index (χ4n) is 8.55. The van der Waals surface area contributed by atoms with E-state index >= 15 is 0 Å². The fourth-order valence-corrected chi connectivity index (χ4v) is 8.55. The van der Waals surface area contributed by atoms with Gasteiger partial charge in [0.15, 0.2) is 0 Å². The third-order valence-electron chi connectivity index (χ3n) is 10.4. The van der Waals surface area contributed by atoms with Crippen LogP contribution >= 0.6 is 0 Å². The second-order valence-corrected chi connectivity index (χ2v) is 12.1. The highest BCUT2D eigenvalue weighted by molar-refractivity contribution is 5.77. The summed E-state index contributed by atoms with van der Waals surface area (Å²) in [5.41, 5.74) is 1.87. The maximum Gasteiger partial charge on any atom is 0.132 e. The Kier molecular flexibility index (Phi) is 5.59. The highest BCUT2D eigenvalue weighted by atomic mass is 16.3. The van der Waals surface area contributed by atoms with Gasteiger partial charge in [-0.15, -0.1) is 0 Å². The monoisotopic (exact) mass is 400 g/mol. The molecule has 1 N–H and O–H groups in total. The molecular weight excluding hydrogens is 356 g/mol. The van der Waals surface area contributed by atoms with Crippen molar-refractivity contribution in [2.75, 3.05) is 0 Å². The van der Waals surface area contributed by atoms with E-state index in [1.807, 2.05) is 13.8 Å². The number of allylic oxidation sites excluding steroid dienone is 1. The van der Waals surface area contributed by atoms with Crippen LogP contribution in [0.1, 0.15) is 105 Å². The molecule has 4 rings (SSSR count). The van der Waals surface area contributed by atoms with E-state index < -0.39 is 5.60 Å². The maximum atomic E-state index is 11.9. The van der Waals surface area contributed by atoms with Gasteiger partial charge in [-0.3, -0.25) is 4.79 Å². The predicted molar refractivity (Wildman–Crippen MR) is 120 cm³/mol. The lowest BCUT2D eigenvalue weighted by atomic mass is 9.46. The summed E-state index contributed by atoms with van der Waals surface area (Å²) < 4.78 is 0. The number of rotatable bonds is 5. The van der Waals surface area contributed by atoms with Crippen molar-refractivity contribution in [2.45, 2.75) is 111 Å². The van der Waals surface area contributed by atoms with E-state index in [0.29, 0.717) is 29.0 Å². The highest BCUT2D eigenvalue weighted by Gasteiger charge is 2.59. The van der Waals surface area contributed by atoms with Crippen LogP contribution in [0.3, 0.4) is 0 Å². The van der Waals surface area contributed by atoms with Crippen LogP contribution in [0, 0.1) is 40.4 Å². The summed E-state index contributed by atoms with van der Waals surface area (Å²) in [5, 5.41) is 10.7. The lowest BCUT2D eigenvalue weighted by Crippen LogP contribution is -2.52. The quantitative estimate of drug-likeness (QED) is 0.521. The number of carbonyl (C=O) groups is 1. The second kappa shape index (κ2) is 7.50. The number of aliphatic hydroxyl groups is 1. The molecule has 0 aromatic heterocycles. The summed E-state index contributed by atoms with van der Waals surface area (Å²) in [7, 11) is 0. The Labute approximate surface area is 178 Å². The van der Waals surface area contributed by atoms with Gasteiger partial charge in [-0.1, -0.05) is 39.3 Å². The molecule has 0 spiro atoms. The van der Waals surface area contributed by atoms with Crippen LogP contribution in [0.4, 0.5) is 0 Å². The summed E-state index contributed by atoms with van der Waals surface area (Å²) in [6.07, 6.45) is 14.9. The van der Waals surface area contributed by atoms with E-state index in [9.17, 15) is 9.90 Å². The first-order valence-electron chi connectivity index (χ1n) is 12.5. The van der Waals surface area contributed by atoms with E-state index in [0.717, 1.165) is 55.8 Å². The minimum Gasteiger partial charge on any atom is -0.390 e. The van der Waals surface area contributed by atoms with Crippen molar-refractivity contribution in [1.82, 2.24) is 0 Å². The van der Waals surface area contributed by atoms with Crippen LogP contribution in [0.5, 0.6) is 0 Å². The Morgan fingerprint density at radius 3 is 2.62 bits per heavy atom. The molecule has 0 heterocycles. The number of ketones is 1. The zero-order valence-electron chi connectivity index (χ0n) is 19.6. The van der Waals surface area contributed by atoms with Crippen LogP contribution < -0.4 is 0 Å². The summed E-state index contributed by atoms with van der Waals surface area (Å²) in [4.78, 5) is 11.9. The van der Waals surface area contributed by atoms with Gasteiger partial charge in [0, 0.05) is 12.8 Å². The van der Waals surface area contributed by atoms with Gasteiger partial charge in [0.05, 0.1) is 5.60 Å². The first kappa shape index (κ1) is 21.6. The minimum absolute atomic E-state index is 0.323. The lowest BCUT2D eigenvalue weighted by molar-refractivity contribution is -0.119. The standard InChI is InChI=1S/C27H44O2/c1-6-20(28)9-7-18(2)22-11-12-23-21-10-8-19-17-25(3,29)15-16-26(19,4)24(21)13-14-27(22,23)5/h8,18,21-24,29H,6-7,9-17H2,1-5H3/t18-,21+,22-,23+,24+,25+,26+,27-/m1/s1. The van der Waals surface area contributed by atoms with E-state index in [1.54, 1.807) is 5.57 Å². The summed E-state index contributed by atoms with van der Waals surface area (Å²) >= 11 is 0. The molecule has 29 heavy (non-hydrogen) atoms. The predicted octanol–water partition coefficient (Wildman–Crippen LogP) is 6.71. The minimum atomic E-state index is -0.495. The van der Waals surface area contributed by atoms with Crippen molar-refractivity contribution in [3.63, 3.8) is 0 Å². The van der Waals surface area contributed by atoms with Crippen molar-refractivity contribution in [3.05, 3.63) is 11.6 Å². The van der Waals surface area contributed by atoms with Gasteiger partial charge in [0.1, 0.15) is 5.78 Å². The first-order valence-corrected chi connectivity index (χ1v) is 12.5. The molecule has 2 heteroatoms. The van der Waals surface area contributed by atoms with Crippen molar-refractivity contribution in [1.29, 1.82) is 0 Å². The molecule has 0 aromatic carbocycles. The Bertz CT molecular complexity index is 676. The van der Waals surface area contributed by atoms with Crippen LogP contribution in [0.2, 0.25) is 0 Å². The first-order chi connectivity index (χ1) is 13.6. The van der Waals surface area contributed by atoms with E-state index in [1.165, 1.54) is 32.1 Å². The molecule has 0 aliphatic heterocycles. The lowest BCUT2D eigenvalue weighted by Gasteiger charge is -2.59. The van der Waals surface area contributed by atoms with Crippen molar-refractivity contribution in [3.8, 4) is 0 Å². The molecular formula is C27H44O2. The Hall–Kier alpha value is -0.630. The number of hydrogen-bond acceptors (Lipinski definition) is 2. The Morgan fingerprint density at radius 2 is 1.90 bits per heavy atom. The van der Waals surface area contributed by atoms with Gasteiger partial charge in [-0.25, -0.2) is 0 Å². The van der Waals surface area contributed by atoms with Crippen LogP contribution in [0.25, 0.3) is 0 Å². The van der Waals surface area contributed by atoms with E-state index in [4.69, 9.17) is 0 Å². The van der Waals surface area contributed by atoms with Gasteiger partial charge >= 0.3 is 0 Å².